The van der Waals surface area contributed by atoms with Crippen molar-refractivity contribution in [1.82, 2.24) is 0 Å². The second-order valence-electron chi connectivity index (χ2n) is 9.61. The minimum atomic E-state index is -1.24. The Morgan fingerprint density at radius 2 is 1.88 bits per heavy atom. The molecule has 0 aromatic rings. The van der Waals surface area contributed by atoms with E-state index < -0.39 is 41.0 Å². The molecule has 9 unspecified atom stereocenters. The number of ketones is 1. The average molecular weight is 350 g/mol. The SMILES string of the molecule is C=C1C2CC(=O)C3C4(C)CCCC(C)(CO)C4CC(O)C3(C1O)C2O. The number of aliphatic hydroxyl groups excluding tert-OH is 4. The summed E-state index contributed by atoms with van der Waals surface area (Å²) in [7, 11) is 0. The van der Waals surface area contributed by atoms with Crippen LogP contribution in [-0.4, -0.2) is 51.1 Å². The topological polar surface area (TPSA) is 98.0 Å². The third-order valence-electron chi connectivity index (χ3n) is 8.60. The highest BCUT2D eigenvalue weighted by atomic mass is 16.3. The van der Waals surface area contributed by atoms with Crippen LogP contribution in [0.2, 0.25) is 0 Å². The standard InChI is InChI=1S/C20H30O5/c1-10-11-7-12(22)15-19(3)6-4-5-18(2,9-21)13(19)8-14(23)20(15,16(10)24)17(11)25/h11,13-17,21,23-25H,1,4-9H2,2-3H3. The van der Waals surface area contributed by atoms with Gasteiger partial charge in [0, 0.05) is 24.9 Å². The monoisotopic (exact) mass is 350 g/mol. The van der Waals surface area contributed by atoms with E-state index in [0.717, 1.165) is 19.3 Å². The molecule has 0 aromatic heterocycles. The molecule has 4 fully saturated rings. The van der Waals surface area contributed by atoms with Crippen LogP contribution in [0.5, 0.6) is 0 Å². The largest absolute Gasteiger partial charge is 0.396 e. The Hall–Kier alpha value is -0.750. The molecule has 5 nitrogen and oxygen atoms in total. The van der Waals surface area contributed by atoms with E-state index in [9.17, 15) is 25.2 Å². The quantitative estimate of drug-likeness (QED) is 0.530. The summed E-state index contributed by atoms with van der Waals surface area (Å²) in [5.74, 6) is -1.04. The smallest absolute Gasteiger partial charge is 0.138 e. The van der Waals surface area contributed by atoms with Crippen molar-refractivity contribution in [3.8, 4) is 0 Å². The summed E-state index contributed by atoms with van der Waals surface area (Å²) >= 11 is 0. The number of carbonyl (C=O) groups is 1. The second-order valence-corrected chi connectivity index (χ2v) is 9.61. The fourth-order valence-corrected chi connectivity index (χ4v) is 7.47. The van der Waals surface area contributed by atoms with Gasteiger partial charge in [-0.25, -0.2) is 0 Å². The lowest BCUT2D eigenvalue weighted by Gasteiger charge is -2.65. The zero-order valence-electron chi connectivity index (χ0n) is 15.1. The molecule has 0 saturated heterocycles. The number of aliphatic hydroxyl groups is 4. The molecule has 2 bridgehead atoms. The third-order valence-corrected chi connectivity index (χ3v) is 8.60. The van der Waals surface area contributed by atoms with Crippen molar-refractivity contribution >= 4 is 5.78 Å². The Morgan fingerprint density at radius 1 is 1.20 bits per heavy atom. The van der Waals surface area contributed by atoms with Crippen LogP contribution >= 0.6 is 0 Å². The van der Waals surface area contributed by atoms with Gasteiger partial charge in [0.05, 0.1) is 23.7 Å². The summed E-state index contributed by atoms with van der Waals surface area (Å²) < 4.78 is 0. The Morgan fingerprint density at radius 3 is 2.52 bits per heavy atom. The van der Waals surface area contributed by atoms with Gasteiger partial charge >= 0.3 is 0 Å². The van der Waals surface area contributed by atoms with Gasteiger partial charge in [-0.2, -0.15) is 0 Å². The van der Waals surface area contributed by atoms with E-state index in [4.69, 9.17) is 0 Å². The van der Waals surface area contributed by atoms with Gasteiger partial charge in [0.2, 0.25) is 0 Å². The van der Waals surface area contributed by atoms with Crippen molar-refractivity contribution in [3.05, 3.63) is 12.2 Å². The molecule has 25 heavy (non-hydrogen) atoms. The summed E-state index contributed by atoms with van der Waals surface area (Å²) in [6.07, 6.45) is 0.193. The molecule has 5 heteroatoms. The van der Waals surface area contributed by atoms with E-state index >= 15 is 0 Å². The molecular weight excluding hydrogens is 320 g/mol. The highest BCUT2D eigenvalue weighted by molar-refractivity contribution is 5.86. The van der Waals surface area contributed by atoms with Gasteiger partial charge in [0.15, 0.2) is 0 Å². The fourth-order valence-electron chi connectivity index (χ4n) is 7.47. The summed E-state index contributed by atoms with van der Waals surface area (Å²) in [6.45, 7) is 8.07. The van der Waals surface area contributed by atoms with E-state index in [1.165, 1.54) is 0 Å². The molecule has 9 atom stereocenters. The lowest BCUT2D eigenvalue weighted by atomic mass is 9.39. The predicted molar refractivity (Wildman–Crippen MR) is 91.5 cm³/mol. The van der Waals surface area contributed by atoms with Crippen molar-refractivity contribution in [2.24, 2.45) is 34.0 Å². The molecule has 4 N–H and O–H groups in total. The van der Waals surface area contributed by atoms with Crippen LogP contribution in [0, 0.1) is 34.0 Å². The maximum absolute atomic E-state index is 13.2. The van der Waals surface area contributed by atoms with E-state index in [-0.39, 0.29) is 30.1 Å². The van der Waals surface area contributed by atoms with Crippen molar-refractivity contribution < 1.29 is 25.2 Å². The first kappa shape index (κ1) is 17.7. The number of rotatable bonds is 1. The number of hydrogen-bond acceptors (Lipinski definition) is 5. The van der Waals surface area contributed by atoms with E-state index in [2.05, 4.69) is 13.5 Å². The fraction of sp³-hybridized carbons (Fsp3) is 0.850. The molecule has 0 heterocycles. The zero-order chi connectivity index (χ0) is 18.4. The summed E-state index contributed by atoms with van der Waals surface area (Å²) in [5, 5.41) is 43.2. The van der Waals surface area contributed by atoms with Crippen molar-refractivity contribution in [3.63, 3.8) is 0 Å². The van der Waals surface area contributed by atoms with Crippen LogP contribution in [0.1, 0.15) is 46.0 Å². The summed E-state index contributed by atoms with van der Waals surface area (Å²) in [6, 6.07) is 0. The first-order valence-electron chi connectivity index (χ1n) is 9.51. The van der Waals surface area contributed by atoms with Crippen molar-refractivity contribution in [1.29, 1.82) is 0 Å². The maximum Gasteiger partial charge on any atom is 0.138 e. The Bertz CT molecular complexity index is 632. The van der Waals surface area contributed by atoms with Crippen LogP contribution in [0.25, 0.3) is 0 Å². The van der Waals surface area contributed by atoms with Crippen LogP contribution < -0.4 is 0 Å². The summed E-state index contributed by atoms with van der Waals surface area (Å²) in [4.78, 5) is 13.2. The molecule has 0 aromatic carbocycles. The normalized spacial score (nSPS) is 58.0. The predicted octanol–water partition coefficient (Wildman–Crippen LogP) is 1.04. The maximum atomic E-state index is 13.2. The minimum Gasteiger partial charge on any atom is -0.396 e. The number of hydrogen-bond donors (Lipinski definition) is 4. The van der Waals surface area contributed by atoms with Crippen LogP contribution in [0.4, 0.5) is 0 Å². The van der Waals surface area contributed by atoms with E-state index in [1.54, 1.807) is 0 Å². The van der Waals surface area contributed by atoms with Gasteiger partial charge < -0.3 is 20.4 Å². The molecule has 4 rings (SSSR count). The van der Waals surface area contributed by atoms with E-state index in [0.29, 0.717) is 12.0 Å². The second kappa shape index (κ2) is 5.16. The van der Waals surface area contributed by atoms with E-state index in [1.807, 2.05) is 6.92 Å². The Balaban J connectivity index is 1.91. The highest BCUT2D eigenvalue weighted by Crippen LogP contribution is 2.71. The lowest BCUT2D eigenvalue weighted by molar-refractivity contribution is -0.247. The first-order chi connectivity index (χ1) is 11.6. The molecule has 0 aliphatic heterocycles. The molecule has 4 aliphatic rings. The van der Waals surface area contributed by atoms with Gasteiger partial charge in [-0.1, -0.05) is 26.8 Å². The van der Waals surface area contributed by atoms with Gasteiger partial charge in [-0.15, -0.1) is 0 Å². The molecule has 4 aliphatic carbocycles. The molecule has 140 valence electrons. The average Bonchev–Trinajstić information content (AvgIpc) is 2.68. The van der Waals surface area contributed by atoms with Crippen LogP contribution in [0.3, 0.4) is 0 Å². The van der Waals surface area contributed by atoms with Gasteiger partial charge in [-0.05, 0) is 41.6 Å². The molecule has 4 saturated carbocycles. The van der Waals surface area contributed by atoms with Gasteiger partial charge in [0.25, 0.3) is 0 Å². The molecule has 0 amide bonds. The molecule has 0 radical (unpaired) electrons. The number of fused-ring (bicyclic) bond motifs is 3. The Kier molecular flexibility index (Phi) is 3.64. The van der Waals surface area contributed by atoms with Crippen LogP contribution in [0.15, 0.2) is 12.2 Å². The third kappa shape index (κ3) is 1.81. The first-order valence-corrected chi connectivity index (χ1v) is 9.51. The zero-order valence-corrected chi connectivity index (χ0v) is 15.1. The minimum absolute atomic E-state index is 0.0156. The Labute approximate surface area is 148 Å². The number of Topliss-reactive ketones (excluding diaryl/α,β-unsaturated/α-hetero) is 1. The summed E-state index contributed by atoms with van der Waals surface area (Å²) in [5.41, 5.74) is -1.54. The highest BCUT2D eigenvalue weighted by Gasteiger charge is 2.75. The van der Waals surface area contributed by atoms with Crippen molar-refractivity contribution in [2.75, 3.05) is 6.61 Å². The van der Waals surface area contributed by atoms with Crippen molar-refractivity contribution in [2.45, 2.75) is 64.3 Å². The number of carbonyl (C=O) groups excluding carboxylic acids is 1. The van der Waals surface area contributed by atoms with Gasteiger partial charge in [-0.3, -0.25) is 4.79 Å². The molecular formula is C20H30O5. The van der Waals surface area contributed by atoms with Gasteiger partial charge in [0.1, 0.15) is 5.78 Å². The van der Waals surface area contributed by atoms with Crippen LogP contribution in [-0.2, 0) is 4.79 Å². The molecule has 1 spiro atoms. The lowest BCUT2D eigenvalue weighted by Crippen LogP contribution is -2.70.